The first kappa shape index (κ1) is 15.5. The van der Waals surface area contributed by atoms with E-state index in [1.807, 2.05) is 42.5 Å². The van der Waals surface area contributed by atoms with Crippen molar-refractivity contribution in [2.45, 2.75) is 6.92 Å². The fourth-order valence-electron chi connectivity index (χ4n) is 2.88. The summed E-state index contributed by atoms with van der Waals surface area (Å²) in [6, 6.07) is 13.8. The van der Waals surface area contributed by atoms with Crippen LogP contribution in [0, 0.1) is 6.92 Å². The Bertz CT molecular complexity index is 1190. The first-order valence-electron chi connectivity index (χ1n) is 7.79. The molecule has 0 aliphatic heterocycles. The van der Waals surface area contributed by atoms with Gasteiger partial charge in [-0.2, -0.15) is 0 Å². The molecule has 0 aliphatic carbocycles. The number of benzene rings is 2. The maximum Gasteiger partial charge on any atom is 0.266 e. The first-order valence-corrected chi connectivity index (χ1v) is 8.61. The van der Waals surface area contributed by atoms with Gasteiger partial charge in [-0.05, 0) is 35.4 Å². The molecular weight excluding hydrogens is 334 g/mol. The molecule has 0 fully saturated rings. The molecule has 0 aliphatic rings. The predicted molar refractivity (Wildman–Crippen MR) is 101 cm³/mol. The molecule has 4 aromatic rings. The van der Waals surface area contributed by atoms with Crippen LogP contribution in [-0.2, 0) is 7.05 Å². The second-order valence-electron chi connectivity index (χ2n) is 5.91. The average Bonchev–Trinajstić information content (AvgIpc) is 2.95. The number of carbonyl (C=O) groups excluding carboxylic acids is 1. The minimum absolute atomic E-state index is 0.136. The third-order valence-corrected chi connectivity index (χ3v) is 5.42. The Morgan fingerprint density at radius 3 is 2.72 bits per heavy atom. The van der Waals surface area contributed by atoms with Crippen molar-refractivity contribution >= 4 is 43.9 Å². The summed E-state index contributed by atoms with van der Waals surface area (Å²) >= 11 is 1.24. The molecule has 0 atom stereocenters. The number of nitrogens with zero attached hydrogens (tertiary/aromatic N) is 2. The Kier molecular flexibility index (Phi) is 3.62. The summed E-state index contributed by atoms with van der Waals surface area (Å²) in [5.41, 5.74) is 1.26. The van der Waals surface area contributed by atoms with Gasteiger partial charge in [0.1, 0.15) is 4.83 Å². The number of rotatable bonds is 2. The van der Waals surface area contributed by atoms with Crippen molar-refractivity contribution in [2.75, 3.05) is 5.32 Å². The number of carbonyl (C=O) groups is 1. The van der Waals surface area contributed by atoms with Crippen molar-refractivity contribution in [3.63, 3.8) is 0 Å². The van der Waals surface area contributed by atoms with E-state index in [1.165, 1.54) is 22.2 Å². The van der Waals surface area contributed by atoms with Crippen LogP contribution in [0.25, 0.3) is 21.0 Å². The lowest BCUT2D eigenvalue weighted by molar-refractivity contribution is 0.103. The molecule has 0 radical (unpaired) electrons. The van der Waals surface area contributed by atoms with Gasteiger partial charge < -0.3 is 9.88 Å². The molecule has 1 amide bonds. The Morgan fingerprint density at radius 2 is 1.92 bits per heavy atom. The van der Waals surface area contributed by atoms with Gasteiger partial charge in [0.2, 0.25) is 0 Å². The smallest absolute Gasteiger partial charge is 0.266 e. The van der Waals surface area contributed by atoms with Crippen LogP contribution in [0.2, 0.25) is 0 Å². The summed E-state index contributed by atoms with van der Waals surface area (Å²) in [5.74, 6) is -0.224. The minimum Gasteiger partial charge on any atom is -0.321 e. The quantitative estimate of drug-likeness (QED) is 0.600. The predicted octanol–water partition coefficient (Wildman–Crippen LogP) is 3.71. The van der Waals surface area contributed by atoms with E-state index >= 15 is 0 Å². The Balaban J connectivity index is 1.73. The highest BCUT2D eigenvalue weighted by Crippen LogP contribution is 2.28. The van der Waals surface area contributed by atoms with Gasteiger partial charge in [-0.15, -0.1) is 11.3 Å². The molecule has 2 heterocycles. The Morgan fingerprint density at radius 1 is 1.16 bits per heavy atom. The number of aryl methyl sites for hydroxylation is 2. The number of aromatic nitrogens is 2. The zero-order chi connectivity index (χ0) is 17.6. The van der Waals surface area contributed by atoms with Gasteiger partial charge in [-0.1, -0.05) is 30.3 Å². The fourth-order valence-corrected chi connectivity index (χ4v) is 3.91. The van der Waals surface area contributed by atoms with Crippen LogP contribution in [0.1, 0.15) is 15.2 Å². The molecule has 124 valence electrons. The number of thiophene rings is 1. The zero-order valence-corrected chi connectivity index (χ0v) is 14.6. The second-order valence-corrected chi connectivity index (χ2v) is 6.91. The molecule has 4 rings (SSSR count). The molecule has 25 heavy (non-hydrogen) atoms. The van der Waals surface area contributed by atoms with Gasteiger partial charge >= 0.3 is 0 Å². The van der Waals surface area contributed by atoms with Gasteiger partial charge in [0.25, 0.3) is 11.5 Å². The summed E-state index contributed by atoms with van der Waals surface area (Å²) in [6.07, 6.45) is 1.48. The molecule has 0 saturated carbocycles. The topological polar surface area (TPSA) is 64.0 Å². The lowest BCUT2D eigenvalue weighted by Crippen LogP contribution is -2.17. The summed E-state index contributed by atoms with van der Waals surface area (Å²) < 4.78 is 1.42. The van der Waals surface area contributed by atoms with Crippen LogP contribution < -0.4 is 10.9 Å². The zero-order valence-electron chi connectivity index (χ0n) is 13.7. The van der Waals surface area contributed by atoms with Crippen molar-refractivity contribution < 1.29 is 4.79 Å². The summed E-state index contributed by atoms with van der Waals surface area (Å²) in [5, 5.41) is 5.61. The van der Waals surface area contributed by atoms with Crippen LogP contribution >= 0.6 is 11.3 Å². The molecular formula is C19H15N3O2S. The summed E-state index contributed by atoms with van der Waals surface area (Å²) in [6.45, 7) is 1.79. The van der Waals surface area contributed by atoms with Crippen LogP contribution in [0.15, 0.2) is 53.6 Å². The van der Waals surface area contributed by atoms with Gasteiger partial charge in [0.05, 0.1) is 16.6 Å². The molecule has 2 aromatic carbocycles. The maximum absolute atomic E-state index is 12.7. The normalized spacial score (nSPS) is 11.1. The third kappa shape index (κ3) is 2.60. The van der Waals surface area contributed by atoms with Crippen LogP contribution in [0.4, 0.5) is 5.69 Å². The van der Waals surface area contributed by atoms with Crippen molar-refractivity contribution in [2.24, 2.45) is 7.05 Å². The molecule has 0 unspecified atom stereocenters. The van der Waals surface area contributed by atoms with Crippen molar-refractivity contribution in [3.05, 3.63) is 69.6 Å². The molecule has 6 heteroatoms. The molecule has 0 spiro atoms. The fraction of sp³-hybridized carbons (Fsp3) is 0.105. The summed E-state index contributed by atoms with van der Waals surface area (Å²) in [7, 11) is 1.65. The van der Waals surface area contributed by atoms with Crippen molar-refractivity contribution in [3.8, 4) is 0 Å². The third-order valence-electron chi connectivity index (χ3n) is 4.22. The number of hydrogen-bond donors (Lipinski definition) is 1. The van der Waals surface area contributed by atoms with E-state index in [0.717, 1.165) is 16.5 Å². The standard InChI is InChI=1S/C19H15N3O2S/c1-11-15-18(20-10-22(2)19(15)24)25-16(11)17(23)21-14-8-7-12-5-3-4-6-13(12)9-14/h3-10H,1-2H3,(H,21,23). The SMILES string of the molecule is Cc1c(C(=O)Nc2ccc3ccccc3c2)sc2ncn(C)c(=O)c12. The minimum atomic E-state index is -0.224. The highest BCUT2D eigenvalue weighted by molar-refractivity contribution is 7.20. The van der Waals surface area contributed by atoms with E-state index in [-0.39, 0.29) is 11.5 Å². The van der Waals surface area contributed by atoms with Crippen molar-refractivity contribution in [1.82, 2.24) is 9.55 Å². The number of anilines is 1. The average molecular weight is 349 g/mol. The van der Waals surface area contributed by atoms with E-state index < -0.39 is 0 Å². The molecule has 0 saturated heterocycles. The second kappa shape index (κ2) is 5.82. The lowest BCUT2D eigenvalue weighted by Gasteiger charge is -2.06. The summed E-state index contributed by atoms with van der Waals surface area (Å²) in [4.78, 5) is 30.3. The number of nitrogens with one attached hydrogen (secondary N) is 1. The van der Waals surface area contributed by atoms with Gasteiger partial charge in [-0.3, -0.25) is 9.59 Å². The van der Waals surface area contributed by atoms with Gasteiger partial charge in [-0.25, -0.2) is 4.98 Å². The highest BCUT2D eigenvalue weighted by Gasteiger charge is 2.19. The number of hydrogen-bond acceptors (Lipinski definition) is 4. The van der Waals surface area contributed by atoms with Crippen LogP contribution in [0.3, 0.4) is 0 Å². The van der Waals surface area contributed by atoms with Crippen LogP contribution in [0.5, 0.6) is 0 Å². The van der Waals surface area contributed by atoms with Gasteiger partial charge in [0.15, 0.2) is 0 Å². The van der Waals surface area contributed by atoms with Crippen molar-refractivity contribution in [1.29, 1.82) is 0 Å². The maximum atomic E-state index is 12.7. The Labute approximate surface area is 147 Å². The monoisotopic (exact) mass is 349 g/mol. The molecule has 0 bridgehead atoms. The van der Waals surface area contributed by atoms with E-state index in [1.54, 1.807) is 14.0 Å². The molecule has 2 aromatic heterocycles. The molecule has 1 N–H and O–H groups in total. The number of amides is 1. The van der Waals surface area contributed by atoms with E-state index in [0.29, 0.717) is 20.7 Å². The van der Waals surface area contributed by atoms with Crippen LogP contribution in [-0.4, -0.2) is 15.5 Å². The highest BCUT2D eigenvalue weighted by atomic mass is 32.1. The van der Waals surface area contributed by atoms with E-state index in [2.05, 4.69) is 10.3 Å². The van der Waals surface area contributed by atoms with E-state index in [9.17, 15) is 9.59 Å². The first-order chi connectivity index (χ1) is 12.0. The lowest BCUT2D eigenvalue weighted by atomic mass is 10.1. The largest absolute Gasteiger partial charge is 0.321 e. The van der Waals surface area contributed by atoms with E-state index in [4.69, 9.17) is 0 Å². The number of fused-ring (bicyclic) bond motifs is 2. The molecule has 5 nitrogen and oxygen atoms in total. The van der Waals surface area contributed by atoms with Gasteiger partial charge in [0, 0.05) is 12.7 Å². The Hall–Kier alpha value is -2.99.